The number of ether oxygens (including phenoxy) is 3. The SMILES string of the molecule is CC[C@@H](C(=O)O)[C@@H]1O[C@H]2OC=C(C(=O)OC)[C@H]3C=C[C@]1(O)[C@@H]23. The number of aliphatic carboxylic acids is 1. The van der Waals surface area contributed by atoms with E-state index in [1.807, 2.05) is 0 Å². The molecule has 2 aliphatic heterocycles. The second-order valence-electron chi connectivity index (χ2n) is 5.78. The second kappa shape index (κ2) is 5.10. The zero-order valence-corrected chi connectivity index (χ0v) is 12.3. The van der Waals surface area contributed by atoms with Gasteiger partial charge in [-0.25, -0.2) is 4.79 Å². The molecule has 0 amide bonds. The predicted octanol–water partition coefficient (Wildman–Crippen LogP) is 0.442. The summed E-state index contributed by atoms with van der Waals surface area (Å²) in [5, 5.41) is 20.3. The average Bonchev–Trinajstić information content (AvgIpc) is 2.99. The minimum Gasteiger partial charge on any atom is -0.481 e. The first-order chi connectivity index (χ1) is 10.4. The fraction of sp³-hybridized carbons (Fsp3) is 0.600. The van der Waals surface area contributed by atoms with Crippen molar-refractivity contribution in [2.24, 2.45) is 17.8 Å². The van der Waals surface area contributed by atoms with Crippen molar-refractivity contribution >= 4 is 11.9 Å². The van der Waals surface area contributed by atoms with E-state index in [9.17, 15) is 19.8 Å². The van der Waals surface area contributed by atoms with Gasteiger partial charge in [0.25, 0.3) is 0 Å². The highest BCUT2D eigenvalue weighted by molar-refractivity contribution is 5.89. The maximum Gasteiger partial charge on any atom is 0.337 e. The number of carboxylic acid groups (broad SMARTS) is 1. The molecule has 1 saturated heterocycles. The Bertz CT molecular complexity index is 566. The van der Waals surface area contributed by atoms with Crippen molar-refractivity contribution in [3.8, 4) is 0 Å². The van der Waals surface area contributed by atoms with Gasteiger partial charge in [-0.15, -0.1) is 0 Å². The predicted molar refractivity (Wildman–Crippen MR) is 72.3 cm³/mol. The summed E-state index contributed by atoms with van der Waals surface area (Å²) in [4.78, 5) is 23.2. The van der Waals surface area contributed by atoms with Crippen molar-refractivity contribution < 1.29 is 34.0 Å². The summed E-state index contributed by atoms with van der Waals surface area (Å²) < 4.78 is 15.8. The molecule has 22 heavy (non-hydrogen) atoms. The van der Waals surface area contributed by atoms with E-state index >= 15 is 0 Å². The zero-order chi connectivity index (χ0) is 16.1. The van der Waals surface area contributed by atoms with Crippen LogP contribution >= 0.6 is 0 Å². The third-order valence-corrected chi connectivity index (χ3v) is 4.75. The van der Waals surface area contributed by atoms with Crippen LogP contribution < -0.4 is 0 Å². The summed E-state index contributed by atoms with van der Waals surface area (Å²) in [6.45, 7) is 1.72. The summed E-state index contributed by atoms with van der Waals surface area (Å²) in [5.41, 5.74) is -1.18. The Kier molecular flexibility index (Phi) is 3.49. The lowest BCUT2D eigenvalue weighted by Gasteiger charge is -2.33. The van der Waals surface area contributed by atoms with Crippen LogP contribution in [-0.2, 0) is 23.8 Å². The van der Waals surface area contributed by atoms with Gasteiger partial charge in [0.2, 0.25) is 6.29 Å². The van der Waals surface area contributed by atoms with Gasteiger partial charge in [-0.1, -0.05) is 19.1 Å². The standard InChI is InChI=1S/C15H18O7/c1-3-7(12(16)17)11-15(19)5-4-8-9(13(18)20-2)6-21-14(22-11)10(8)15/h4-8,10-11,14,19H,3H2,1-2H3,(H,16,17)/t7-,8-,10-,11+,14-,15+/m1/s1. The number of hydrogen-bond acceptors (Lipinski definition) is 6. The van der Waals surface area contributed by atoms with E-state index in [1.54, 1.807) is 13.0 Å². The van der Waals surface area contributed by atoms with Gasteiger partial charge in [-0.05, 0) is 6.42 Å². The van der Waals surface area contributed by atoms with Crippen LogP contribution in [0.3, 0.4) is 0 Å². The van der Waals surface area contributed by atoms with Crippen LogP contribution in [0.5, 0.6) is 0 Å². The summed E-state index contributed by atoms with van der Waals surface area (Å²) in [6, 6.07) is 0. The van der Waals surface area contributed by atoms with E-state index in [-0.39, 0.29) is 0 Å². The highest BCUT2D eigenvalue weighted by Gasteiger charge is 2.65. The lowest BCUT2D eigenvalue weighted by Crippen LogP contribution is -2.48. The van der Waals surface area contributed by atoms with Gasteiger partial charge >= 0.3 is 11.9 Å². The number of methoxy groups -OCH3 is 1. The van der Waals surface area contributed by atoms with E-state index in [2.05, 4.69) is 0 Å². The molecule has 2 heterocycles. The van der Waals surface area contributed by atoms with Gasteiger partial charge in [0, 0.05) is 5.92 Å². The first-order valence-corrected chi connectivity index (χ1v) is 7.17. The van der Waals surface area contributed by atoms with Gasteiger partial charge in [-0.3, -0.25) is 4.79 Å². The van der Waals surface area contributed by atoms with Gasteiger partial charge in [-0.2, -0.15) is 0 Å². The van der Waals surface area contributed by atoms with E-state index in [0.29, 0.717) is 12.0 Å². The number of carbonyl (C=O) groups is 2. The van der Waals surface area contributed by atoms with E-state index in [1.165, 1.54) is 19.4 Å². The minimum absolute atomic E-state index is 0.295. The van der Waals surface area contributed by atoms with Crippen molar-refractivity contribution in [1.29, 1.82) is 0 Å². The van der Waals surface area contributed by atoms with E-state index < -0.39 is 47.7 Å². The fourth-order valence-electron chi connectivity index (χ4n) is 3.66. The third kappa shape index (κ3) is 1.89. The number of esters is 1. The number of rotatable bonds is 4. The van der Waals surface area contributed by atoms with Crippen LogP contribution in [0.2, 0.25) is 0 Å². The first kappa shape index (κ1) is 15.1. The Morgan fingerprint density at radius 1 is 1.50 bits per heavy atom. The molecule has 0 saturated carbocycles. The van der Waals surface area contributed by atoms with Crippen molar-refractivity contribution in [2.45, 2.75) is 31.3 Å². The Hall–Kier alpha value is -1.86. The van der Waals surface area contributed by atoms with Gasteiger partial charge < -0.3 is 24.4 Å². The smallest absolute Gasteiger partial charge is 0.337 e. The molecular weight excluding hydrogens is 292 g/mol. The molecule has 1 fully saturated rings. The van der Waals surface area contributed by atoms with Crippen LogP contribution in [0.4, 0.5) is 0 Å². The molecule has 6 atom stereocenters. The molecule has 3 rings (SSSR count). The molecule has 0 radical (unpaired) electrons. The molecular formula is C15H18O7. The Balaban J connectivity index is 1.95. The number of allylic oxidation sites excluding steroid dienone is 1. The zero-order valence-electron chi connectivity index (χ0n) is 12.3. The van der Waals surface area contributed by atoms with Crippen LogP contribution in [-0.4, -0.2) is 47.3 Å². The molecule has 7 heteroatoms. The lowest BCUT2D eigenvalue weighted by atomic mass is 9.76. The lowest BCUT2D eigenvalue weighted by molar-refractivity contribution is -0.163. The largest absolute Gasteiger partial charge is 0.481 e. The monoisotopic (exact) mass is 310 g/mol. The first-order valence-electron chi connectivity index (χ1n) is 7.17. The summed E-state index contributed by atoms with van der Waals surface area (Å²) in [5.74, 6) is -3.38. The maximum atomic E-state index is 11.8. The summed E-state index contributed by atoms with van der Waals surface area (Å²) in [6.07, 6.45) is 3.13. The molecule has 0 spiro atoms. The molecule has 120 valence electrons. The van der Waals surface area contributed by atoms with E-state index in [0.717, 1.165) is 0 Å². The topological polar surface area (TPSA) is 102 Å². The number of hydrogen-bond donors (Lipinski definition) is 2. The molecule has 0 aromatic heterocycles. The Labute approximate surface area is 127 Å². The third-order valence-electron chi connectivity index (χ3n) is 4.75. The summed E-state index contributed by atoms with van der Waals surface area (Å²) in [7, 11) is 1.27. The molecule has 7 nitrogen and oxygen atoms in total. The van der Waals surface area contributed by atoms with Crippen LogP contribution in [0, 0.1) is 17.8 Å². The van der Waals surface area contributed by atoms with Crippen molar-refractivity contribution in [2.75, 3.05) is 7.11 Å². The van der Waals surface area contributed by atoms with Crippen molar-refractivity contribution in [3.05, 3.63) is 24.0 Å². The molecule has 0 unspecified atom stereocenters. The van der Waals surface area contributed by atoms with Crippen LogP contribution in [0.15, 0.2) is 24.0 Å². The average molecular weight is 310 g/mol. The Morgan fingerprint density at radius 3 is 2.82 bits per heavy atom. The molecule has 3 aliphatic rings. The summed E-state index contributed by atoms with van der Waals surface area (Å²) >= 11 is 0. The van der Waals surface area contributed by atoms with Crippen LogP contribution in [0.1, 0.15) is 13.3 Å². The fourth-order valence-corrected chi connectivity index (χ4v) is 3.66. The number of aliphatic hydroxyl groups is 1. The van der Waals surface area contributed by atoms with Crippen molar-refractivity contribution in [1.82, 2.24) is 0 Å². The molecule has 0 aromatic rings. The van der Waals surface area contributed by atoms with Crippen molar-refractivity contribution in [3.63, 3.8) is 0 Å². The highest BCUT2D eigenvalue weighted by Crippen LogP contribution is 2.53. The minimum atomic E-state index is -1.47. The quantitative estimate of drug-likeness (QED) is 0.574. The van der Waals surface area contributed by atoms with Gasteiger partial charge in [0.1, 0.15) is 11.7 Å². The molecule has 1 aliphatic carbocycles. The van der Waals surface area contributed by atoms with Crippen LogP contribution in [0.25, 0.3) is 0 Å². The molecule has 0 aromatic carbocycles. The van der Waals surface area contributed by atoms with E-state index in [4.69, 9.17) is 14.2 Å². The normalized spacial score (nSPS) is 39.7. The number of carboxylic acids is 1. The second-order valence-corrected chi connectivity index (χ2v) is 5.78. The Morgan fingerprint density at radius 2 is 2.23 bits per heavy atom. The van der Waals surface area contributed by atoms with Gasteiger partial charge in [0.15, 0.2) is 0 Å². The molecule has 0 bridgehead atoms. The molecule has 2 N–H and O–H groups in total. The number of carbonyl (C=O) groups excluding carboxylic acids is 1. The van der Waals surface area contributed by atoms with Gasteiger partial charge in [0.05, 0.1) is 30.8 Å². The highest BCUT2D eigenvalue weighted by atomic mass is 16.7. The maximum absolute atomic E-state index is 11.8.